The first-order valence-corrected chi connectivity index (χ1v) is 11.1. The number of nitrogens with one attached hydrogen (secondary N) is 1. The topological polar surface area (TPSA) is 62.3 Å². The second-order valence-electron chi connectivity index (χ2n) is 8.14. The molecule has 7 heteroatoms. The van der Waals surface area contributed by atoms with E-state index in [2.05, 4.69) is 10.3 Å². The number of amides is 2. The van der Waals surface area contributed by atoms with Crippen LogP contribution >= 0.6 is 0 Å². The van der Waals surface area contributed by atoms with Crippen molar-refractivity contribution in [1.29, 1.82) is 0 Å². The molecule has 0 spiro atoms. The molecule has 1 N–H and O–H groups in total. The molecular formula is C26H25F2N3O2. The predicted octanol–water partition coefficient (Wildman–Crippen LogP) is 5.20. The van der Waals surface area contributed by atoms with E-state index in [4.69, 9.17) is 0 Å². The molecule has 170 valence electrons. The van der Waals surface area contributed by atoms with Crippen molar-refractivity contribution in [2.75, 3.05) is 4.90 Å². The Bertz CT molecular complexity index is 1120. The van der Waals surface area contributed by atoms with Crippen molar-refractivity contribution in [2.24, 2.45) is 0 Å². The van der Waals surface area contributed by atoms with Crippen LogP contribution in [0.15, 0.2) is 72.9 Å². The number of carbonyl (C=O) groups is 2. The fourth-order valence-corrected chi connectivity index (χ4v) is 4.24. The monoisotopic (exact) mass is 449 g/mol. The molecule has 1 heterocycles. The summed E-state index contributed by atoms with van der Waals surface area (Å²) in [5.41, 5.74) is 0.227. The van der Waals surface area contributed by atoms with E-state index in [0.717, 1.165) is 43.1 Å². The SMILES string of the molecule is O=C(NC1CCCCC1)[C@H](c1ccccc1F)N(C(=O)c1ccccn1)c1cccc(F)c1. The first kappa shape index (κ1) is 22.6. The molecule has 1 fully saturated rings. The number of pyridine rings is 1. The fourth-order valence-electron chi connectivity index (χ4n) is 4.24. The standard InChI is InChI=1S/C26H25F2N3O2/c27-18-9-8-12-20(17-18)31(26(33)23-15-6-7-16-29-23)24(21-13-4-5-14-22(21)28)25(32)30-19-10-2-1-3-11-19/h4-9,12-17,19,24H,1-3,10-11H2,(H,30,32)/t24-/m0/s1. The van der Waals surface area contributed by atoms with Crippen molar-refractivity contribution in [3.8, 4) is 0 Å². The van der Waals surface area contributed by atoms with Gasteiger partial charge in [-0.1, -0.05) is 49.6 Å². The average Bonchev–Trinajstić information content (AvgIpc) is 2.84. The molecule has 5 nitrogen and oxygen atoms in total. The zero-order valence-corrected chi connectivity index (χ0v) is 18.1. The van der Waals surface area contributed by atoms with Gasteiger partial charge in [0.25, 0.3) is 5.91 Å². The van der Waals surface area contributed by atoms with E-state index in [0.29, 0.717) is 0 Å². The van der Waals surface area contributed by atoms with Gasteiger partial charge in [0.05, 0.1) is 0 Å². The summed E-state index contributed by atoms with van der Waals surface area (Å²) in [6.07, 6.45) is 6.20. The molecule has 0 radical (unpaired) electrons. The number of hydrogen-bond acceptors (Lipinski definition) is 3. The summed E-state index contributed by atoms with van der Waals surface area (Å²) in [7, 11) is 0. The van der Waals surface area contributed by atoms with Crippen molar-refractivity contribution in [3.63, 3.8) is 0 Å². The summed E-state index contributed by atoms with van der Waals surface area (Å²) in [5, 5.41) is 3.00. The third kappa shape index (κ3) is 5.25. The van der Waals surface area contributed by atoms with Gasteiger partial charge in [0.2, 0.25) is 5.91 Å². The molecule has 1 atom stereocenters. The number of benzene rings is 2. The molecule has 1 saturated carbocycles. The van der Waals surface area contributed by atoms with Crippen LogP contribution in [0.2, 0.25) is 0 Å². The smallest absolute Gasteiger partial charge is 0.277 e. The van der Waals surface area contributed by atoms with Crippen LogP contribution in [0.3, 0.4) is 0 Å². The Kier molecular flexibility index (Phi) is 7.07. The molecule has 0 unspecified atom stereocenters. The lowest BCUT2D eigenvalue weighted by molar-refractivity contribution is -0.123. The molecule has 0 saturated heterocycles. The van der Waals surface area contributed by atoms with Crippen LogP contribution in [0.1, 0.15) is 54.2 Å². The van der Waals surface area contributed by atoms with Crippen molar-refractivity contribution >= 4 is 17.5 Å². The van der Waals surface area contributed by atoms with Gasteiger partial charge in [0, 0.05) is 23.5 Å². The van der Waals surface area contributed by atoms with Crippen molar-refractivity contribution < 1.29 is 18.4 Å². The van der Waals surface area contributed by atoms with Crippen LogP contribution in [0.25, 0.3) is 0 Å². The highest BCUT2D eigenvalue weighted by molar-refractivity contribution is 6.09. The van der Waals surface area contributed by atoms with Gasteiger partial charge < -0.3 is 5.32 Å². The molecule has 1 aliphatic carbocycles. The highest BCUT2D eigenvalue weighted by Gasteiger charge is 2.36. The first-order valence-electron chi connectivity index (χ1n) is 11.1. The Morgan fingerprint density at radius 1 is 0.939 bits per heavy atom. The minimum atomic E-state index is -1.34. The quantitative estimate of drug-likeness (QED) is 0.563. The van der Waals surface area contributed by atoms with Gasteiger partial charge >= 0.3 is 0 Å². The molecular weight excluding hydrogens is 424 g/mol. The van der Waals surface area contributed by atoms with E-state index in [1.165, 1.54) is 48.7 Å². The van der Waals surface area contributed by atoms with Gasteiger partial charge in [-0.25, -0.2) is 8.78 Å². The van der Waals surface area contributed by atoms with Gasteiger partial charge in [-0.3, -0.25) is 19.5 Å². The fraction of sp³-hybridized carbons (Fsp3) is 0.269. The summed E-state index contributed by atoms with van der Waals surface area (Å²) < 4.78 is 29.2. The normalized spacial score (nSPS) is 15.0. The molecule has 3 aromatic rings. The van der Waals surface area contributed by atoms with Crippen molar-refractivity contribution in [2.45, 2.75) is 44.2 Å². The molecule has 2 aromatic carbocycles. The maximum absolute atomic E-state index is 15.0. The average molecular weight is 450 g/mol. The molecule has 1 aliphatic rings. The van der Waals surface area contributed by atoms with Gasteiger partial charge in [0.1, 0.15) is 23.4 Å². The number of carbonyl (C=O) groups excluding carboxylic acids is 2. The Morgan fingerprint density at radius 3 is 2.39 bits per heavy atom. The predicted molar refractivity (Wildman–Crippen MR) is 122 cm³/mol. The molecule has 4 rings (SSSR count). The Morgan fingerprint density at radius 2 is 1.70 bits per heavy atom. The van der Waals surface area contributed by atoms with Crippen LogP contribution in [0.4, 0.5) is 14.5 Å². The zero-order chi connectivity index (χ0) is 23.2. The lowest BCUT2D eigenvalue weighted by atomic mass is 9.94. The second-order valence-corrected chi connectivity index (χ2v) is 8.14. The van der Waals surface area contributed by atoms with Gasteiger partial charge in [-0.2, -0.15) is 0 Å². The summed E-state index contributed by atoms with van der Waals surface area (Å²) in [5.74, 6) is -2.35. The number of anilines is 1. The zero-order valence-electron chi connectivity index (χ0n) is 18.1. The van der Waals surface area contributed by atoms with E-state index < -0.39 is 29.5 Å². The minimum Gasteiger partial charge on any atom is -0.351 e. The van der Waals surface area contributed by atoms with Crippen LogP contribution in [0.5, 0.6) is 0 Å². The summed E-state index contributed by atoms with van der Waals surface area (Å²) in [6, 6.07) is 14.6. The third-order valence-corrected chi connectivity index (χ3v) is 5.85. The lowest BCUT2D eigenvalue weighted by Gasteiger charge is -2.33. The van der Waals surface area contributed by atoms with Gasteiger partial charge in [0.15, 0.2) is 0 Å². The highest BCUT2D eigenvalue weighted by Crippen LogP contribution is 2.32. The Hall–Kier alpha value is -3.61. The van der Waals surface area contributed by atoms with Crippen molar-refractivity contribution in [1.82, 2.24) is 10.3 Å². The van der Waals surface area contributed by atoms with E-state index in [1.807, 2.05) is 0 Å². The molecule has 0 aliphatic heterocycles. The maximum atomic E-state index is 15.0. The largest absolute Gasteiger partial charge is 0.351 e. The van der Waals surface area contributed by atoms with Gasteiger partial charge in [-0.15, -0.1) is 0 Å². The first-order chi connectivity index (χ1) is 16.0. The number of nitrogens with zero attached hydrogens (tertiary/aromatic N) is 2. The number of hydrogen-bond donors (Lipinski definition) is 1. The Labute approximate surface area is 191 Å². The summed E-state index contributed by atoms with van der Waals surface area (Å²) >= 11 is 0. The number of aromatic nitrogens is 1. The molecule has 33 heavy (non-hydrogen) atoms. The third-order valence-electron chi connectivity index (χ3n) is 5.85. The van der Waals surface area contributed by atoms with Crippen molar-refractivity contribution in [3.05, 3.63) is 95.8 Å². The minimum absolute atomic E-state index is 0.0272. The number of rotatable bonds is 6. The van der Waals surface area contributed by atoms with Crippen LogP contribution < -0.4 is 10.2 Å². The Balaban J connectivity index is 1.82. The van der Waals surface area contributed by atoms with Gasteiger partial charge in [-0.05, 0) is 49.2 Å². The highest BCUT2D eigenvalue weighted by atomic mass is 19.1. The van der Waals surface area contributed by atoms with E-state index in [9.17, 15) is 18.4 Å². The maximum Gasteiger partial charge on any atom is 0.277 e. The van der Waals surface area contributed by atoms with E-state index in [-0.39, 0.29) is 23.0 Å². The van der Waals surface area contributed by atoms with Crippen LogP contribution in [-0.2, 0) is 4.79 Å². The second kappa shape index (κ2) is 10.3. The summed E-state index contributed by atoms with van der Waals surface area (Å²) in [6.45, 7) is 0. The number of halogens is 2. The molecule has 2 amide bonds. The molecule has 1 aromatic heterocycles. The van der Waals surface area contributed by atoms with Crippen LogP contribution in [0, 0.1) is 11.6 Å². The summed E-state index contributed by atoms with van der Waals surface area (Å²) in [4.78, 5) is 32.5. The van der Waals surface area contributed by atoms with E-state index in [1.54, 1.807) is 18.2 Å². The van der Waals surface area contributed by atoms with Crippen LogP contribution in [-0.4, -0.2) is 22.8 Å². The van der Waals surface area contributed by atoms with E-state index >= 15 is 0 Å². The molecule has 0 bridgehead atoms. The lowest BCUT2D eigenvalue weighted by Crippen LogP contribution is -2.47.